The van der Waals surface area contributed by atoms with Crippen LogP contribution < -0.4 is 5.32 Å². The number of rotatable bonds is 3. The molecule has 3 nitrogen and oxygen atoms in total. The van der Waals surface area contributed by atoms with Crippen molar-refractivity contribution in [3.05, 3.63) is 18.2 Å². The molecule has 2 rings (SSSR count). The standard InChI is InChI=1S/C10H17N3/c1-3-8(2)12-9-4-6-13-7-5-11-10(9)13/h5,7-9,12H,3-4,6H2,1-2H3. The van der Waals surface area contributed by atoms with Crippen molar-refractivity contribution in [2.24, 2.45) is 0 Å². The predicted molar refractivity (Wildman–Crippen MR) is 52.5 cm³/mol. The second-order valence-electron chi connectivity index (χ2n) is 3.80. The monoisotopic (exact) mass is 179 g/mol. The molecule has 1 aromatic rings. The minimum Gasteiger partial charge on any atom is -0.334 e. The molecule has 0 aromatic carbocycles. The van der Waals surface area contributed by atoms with Gasteiger partial charge in [-0.3, -0.25) is 0 Å². The van der Waals surface area contributed by atoms with Gasteiger partial charge in [0, 0.05) is 25.0 Å². The summed E-state index contributed by atoms with van der Waals surface area (Å²) in [7, 11) is 0. The molecule has 1 aromatic heterocycles. The zero-order chi connectivity index (χ0) is 9.26. The fourth-order valence-electron chi connectivity index (χ4n) is 1.84. The Morgan fingerprint density at radius 3 is 3.38 bits per heavy atom. The van der Waals surface area contributed by atoms with Crippen molar-refractivity contribution in [2.75, 3.05) is 0 Å². The van der Waals surface area contributed by atoms with E-state index in [1.807, 2.05) is 6.20 Å². The van der Waals surface area contributed by atoms with Gasteiger partial charge < -0.3 is 9.88 Å². The number of aromatic nitrogens is 2. The Bertz CT molecular complexity index is 279. The molecule has 2 unspecified atom stereocenters. The molecule has 0 aliphatic carbocycles. The molecule has 0 radical (unpaired) electrons. The highest BCUT2D eigenvalue weighted by atomic mass is 15.1. The Hall–Kier alpha value is -0.830. The van der Waals surface area contributed by atoms with Crippen LogP contribution in [0.4, 0.5) is 0 Å². The second kappa shape index (κ2) is 3.50. The van der Waals surface area contributed by atoms with Crippen molar-refractivity contribution in [2.45, 2.75) is 45.3 Å². The lowest BCUT2D eigenvalue weighted by atomic mass is 10.2. The molecule has 0 saturated carbocycles. The van der Waals surface area contributed by atoms with E-state index in [4.69, 9.17) is 0 Å². The molecule has 1 aliphatic rings. The zero-order valence-corrected chi connectivity index (χ0v) is 8.33. The third kappa shape index (κ3) is 1.61. The summed E-state index contributed by atoms with van der Waals surface area (Å²) in [5.41, 5.74) is 0. The lowest BCUT2D eigenvalue weighted by Gasteiger charge is -2.16. The van der Waals surface area contributed by atoms with Gasteiger partial charge in [-0.2, -0.15) is 0 Å². The Labute approximate surface area is 79.2 Å². The van der Waals surface area contributed by atoms with Crippen LogP contribution in [0.25, 0.3) is 0 Å². The third-order valence-corrected chi connectivity index (χ3v) is 2.82. The summed E-state index contributed by atoms with van der Waals surface area (Å²) in [6.07, 6.45) is 6.32. The van der Waals surface area contributed by atoms with E-state index >= 15 is 0 Å². The Balaban J connectivity index is 2.04. The van der Waals surface area contributed by atoms with E-state index in [0.29, 0.717) is 12.1 Å². The summed E-state index contributed by atoms with van der Waals surface area (Å²) < 4.78 is 2.24. The molecule has 3 heteroatoms. The SMILES string of the molecule is CCC(C)NC1CCn2ccnc21. The van der Waals surface area contributed by atoms with Gasteiger partial charge in [0.2, 0.25) is 0 Å². The average molecular weight is 179 g/mol. The Kier molecular flexibility index (Phi) is 2.36. The first-order chi connectivity index (χ1) is 6.31. The van der Waals surface area contributed by atoms with Crippen molar-refractivity contribution in [1.82, 2.24) is 14.9 Å². The van der Waals surface area contributed by atoms with Gasteiger partial charge in [-0.1, -0.05) is 6.92 Å². The van der Waals surface area contributed by atoms with Gasteiger partial charge in [0.05, 0.1) is 6.04 Å². The lowest BCUT2D eigenvalue weighted by molar-refractivity contribution is 0.439. The minimum atomic E-state index is 0.477. The minimum absolute atomic E-state index is 0.477. The maximum Gasteiger partial charge on any atom is 0.125 e. The highest BCUT2D eigenvalue weighted by Crippen LogP contribution is 2.24. The first-order valence-electron chi connectivity index (χ1n) is 5.08. The van der Waals surface area contributed by atoms with Gasteiger partial charge in [0.1, 0.15) is 5.82 Å². The van der Waals surface area contributed by atoms with E-state index in [1.165, 1.54) is 18.7 Å². The predicted octanol–water partition coefficient (Wildman–Crippen LogP) is 1.72. The maximum absolute atomic E-state index is 4.37. The molecule has 0 spiro atoms. The van der Waals surface area contributed by atoms with Crippen LogP contribution in [-0.2, 0) is 6.54 Å². The van der Waals surface area contributed by atoms with E-state index < -0.39 is 0 Å². The van der Waals surface area contributed by atoms with Crippen molar-refractivity contribution < 1.29 is 0 Å². The van der Waals surface area contributed by atoms with Gasteiger partial charge in [-0.05, 0) is 19.8 Å². The molecule has 0 amide bonds. The summed E-state index contributed by atoms with van der Waals surface area (Å²) in [5, 5.41) is 3.59. The molecule has 2 atom stereocenters. The van der Waals surface area contributed by atoms with E-state index in [1.54, 1.807) is 0 Å². The average Bonchev–Trinajstić information content (AvgIpc) is 2.69. The largest absolute Gasteiger partial charge is 0.334 e. The van der Waals surface area contributed by atoms with E-state index in [2.05, 4.69) is 34.9 Å². The molecule has 0 saturated heterocycles. The number of imidazole rings is 1. The van der Waals surface area contributed by atoms with Crippen molar-refractivity contribution in [1.29, 1.82) is 0 Å². The molecular formula is C10H17N3. The summed E-state index contributed by atoms with van der Waals surface area (Å²) in [4.78, 5) is 4.37. The van der Waals surface area contributed by atoms with E-state index in [0.717, 1.165) is 6.54 Å². The molecule has 2 heterocycles. The maximum atomic E-state index is 4.37. The summed E-state index contributed by atoms with van der Waals surface area (Å²) in [5.74, 6) is 1.21. The smallest absolute Gasteiger partial charge is 0.125 e. The van der Waals surface area contributed by atoms with Crippen LogP contribution in [0.2, 0.25) is 0 Å². The molecule has 1 N–H and O–H groups in total. The highest BCUT2D eigenvalue weighted by molar-refractivity contribution is 5.04. The van der Waals surface area contributed by atoms with Crippen molar-refractivity contribution in [3.8, 4) is 0 Å². The molecule has 0 fully saturated rings. The van der Waals surface area contributed by atoms with Crippen molar-refractivity contribution >= 4 is 0 Å². The number of aryl methyl sites for hydroxylation is 1. The number of hydrogen-bond donors (Lipinski definition) is 1. The summed E-state index contributed by atoms with van der Waals surface area (Å²) in [6.45, 7) is 5.55. The zero-order valence-electron chi connectivity index (χ0n) is 8.33. The fraction of sp³-hybridized carbons (Fsp3) is 0.700. The molecule has 72 valence electrons. The number of nitrogens with zero attached hydrogens (tertiary/aromatic N) is 2. The van der Waals surface area contributed by atoms with Crippen LogP contribution in [-0.4, -0.2) is 15.6 Å². The van der Waals surface area contributed by atoms with Gasteiger partial charge in [0.15, 0.2) is 0 Å². The quantitative estimate of drug-likeness (QED) is 0.765. The fourth-order valence-corrected chi connectivity index (χ4v) is 1.84. The Morgan fingerprint density at radius 1 is 1.77 bits per heavy atom. The van der Waals surface area contributed by atoms with Crippen LogP contribution in [0.15, 0.2) is 12.4 Å². The summed E-state index contributed by atoms with van der Waals surface area (Å²) >= 11 is 0. The summed E-state index contributed by atoms with van der Waals surface area (Å²) in [6, 6.07) is 1.07. The first-order valence-corrected chi connectivity index (χ1v) is 5.08. The molecular weight excluding hydrogens is 162 g/mol. The van der Waals surface area contributed by atoms with Crippen LogP contribution in [0.3, 0.4) is 0 Å². The molecule has 0 bridgehead atoms. The van der Waals surface area contributed by atoms with Crippen LogP contribution in [0.1, 0.15) is 38.6 Å². The van der Waals surface area contributed by atoms with E-state index in [-0.39, 0.29) is 0 Å². The molecule has 13 heavy (non-hydrogen) atoms. The van der Waals surface area contributed by atoms with Crippen LogP contribution in [0.5, 0.6) is 0 Å². The lowest BCUT2D eigenvalue weighted by Crippen LogP contribution is -2.29. The van der Waals surface area contributed by atoms with Crippen LogP contribution in [0, 0.1) is 0 Å². The normalized spacial score (nSPS) is 23.1. The highest BCUT2D eigenvalue weighted by Gasteiger charge is 2.23. The number of fused-ring (bicyclic) bond motifs is 1. The second-order valence-corrected chi connectivity index (χ2v) is 3.80. The van der Waals surface area contributed by atoms with E-state index in [9.17, 15) is 0 Å². The topological polar surface area (TPSA) is 29.9 Å². The number of hydrogen-bond acceptors (Lipinski definition) is 2. The third-order valence-electron chi connectivity index (χ3n) is 2.82. The van der Waals surface area contributed by atoms with Gasteiger partial charge >= 0.3 is 0 Å². The van der Waals surface area contributed by atoms with Gasteiger partial charge in [0.25, 0.3) is 0 Å². The van der Waals surface area contributed by atoms with Gasteiger partial charge in [-0.25, -0.2) is 4.98 Å². The Morgan fingerprint density at radius 2 is 2.62 bits per heavy atom. The van der Waals surface area contributed by atoms with Crippen molar-refractivity contribution in [3.63, 3.8) is 0 Å². The van der Waals surface area contributed by atoms with Crippen LogP contribution >= 0.6 is 0 Å². The molecule has 1 aliphatic heterocycles. The first kappa shape index (κ1) is 8.75. The number of nitrogens with one attached hydrogen (secondary N) is 1. The van der Waals surface area contributed by atoms with Gasteiger partial charge in [-0.15, -0.1) is 0 Å².